The van der Waals surface area contributed by atoms with Crippen molar-refractivity contribution in [3.05, 3.63) is 48.5 Å². The Labute approximate surface area is 294 Å². The highest BCUT2D eigenvalue weighted by atomic mass is 16.7. The molecule has 9 N–H and O–H groups in total. The van der Waals surface area contributed by atoms with Crippen LogP contribution in [-0.2, 0) is 28.5 Å². The monoisotopic (exact) mass is 724 g/mol. The molecule has 3 aliphatic rings. The Bertz CT molecular complexity index is 1360. The van der Waals surface area contributed by atoms with Gasteiger partial charge in [0.25, 0.3) is 0 Å². The molecule has 0 aliphatic carbocycles. The molecular formula is C34H48N2O15. The van der Waals surface area contributed by atoms with Crippen molar-refractivity contribution in [3.63, 3.8) is 0 Å². The largest absolute Gasteiger partial charge is 0.465 e. The Hall–Kier alpha value is -3.46. The summed E-state index contributed by atoms with van der Waals surface area (Å²) in [5.74, 6) is 0.816. The zero-order valence-corrected chi connectivity index (χ0v) is 28.3. The number of carbonyl (C=O) groups is 2. The molecule has 0 aromatic heterocycles. The SMILES string of the molecule is CC(=O)Nc1ccc(OC2CCC(O)C(CO)O2)cc1.CC(=O)Nc1ccc(OC2CCC(OC3OC(CO)C(O)C(O)C3O)C(CO)O2)cc1. The van der Waals surface area contributed by atoms with Gasteiger partial charge < -0.3 is 74.8 Å². The first-order valence-electron chi connectivity index (χ1n) is 16.7. The quantitative estimate of drug-likeness (QED) is 0.143. The number of aliphatic hydroxyl groups is 7. The smallest absolute Gasteiger partial charge is 0.221 e. The molecule has 0 saturated carbocycles. The van der Waals surface area contributed by atoms with Gasteiger partial charge in [0.15, 0.2) is 18.9 Å². The molecule has 0 radical (unpaired) electrons. The normalized spacial score (nSPS) is 32.1. The summed E-state index contributed by atoms with van der Waals surface area (Å²) in [7, 11) is 0. The zero-order chi connectivity index (χ0) is 37.1. The van der Waals surface area contributed by atoms with E-state index >= 15 is 0 Å². The van der Waals surface area contributed by atoms with Crippen LogP contribution in [0, 0.1) is 0 Å². The lowest BCUT2D eigenvalue weighted by atomic mass is 9.99. The van der Waals surface area contributed by atoms with Crippen molar-refractivity contribution in [2.24, 2.45) is 0 Å². The van der Waals surface area contributed by atoms with Gasteiger partial charge in [-0.15, -0.1) is 0 Å². The van der Waals surface area contributed by atoms with E-state index in [-0.39, 0.29) is 25.0 Å². The van der Waals surface area contributed by atoms with Crippen LogP contribution in [0.5, 0.6) is 11.5 Å². The lowest BCUT2D eigenvalue weighted by Gasteiger charge is -2.43. The number of aliphatic hydroxyl groups excluding tert-OH is 7. The second-order valence-corrected chi connectivity index (χ2v) is 12.3. The van der Waals surface area contributed by atoms with Crippen LogP contribution >= 0.6 is 0 Å². The molecule has 3 heterocycles. The van der Waals surface area contributed by atoms with E-state index in [1.54, 1.807) is 48.5 Å². The molecule has 2 aromatic carbocycles. The van der Waals surface area contributed by atoms with Crippen LogP contribution in [0.2, 0.25) is 0 Å². The summed E-state index contributed by atoms with van der Waals surface area (Å²) >= 11 is 0. The van der Waals surface area contributed by atoms with E-state index in [9.17, 15) is 40.2 Å². The van der Waals surface area contributed by atoms with Crippen molar-refractivity contribution in [2.75, 3.05) is 30.5 Å². The molecule has 3 aliphatic heterocycles. The van der Waals surface area contributed by atoms with Gasteiger partial charge in [-0.25, -0.2) is 0 Å². The minimum atomic E-state index is -1.55. The highest BCUT2D eigenvalue weighted by Crippen LogP contribution is 2.30. The van der Waals surface area contributed by atoms with Crippen LogP contribution in [-0.4, -0.2) is 135 Å². The molecule has 51 heavy (non-hydrogen) atoms. The van der Waals surface area contributed by atoms with Gasteiger partial charge in [0.05, 0.1) is 32.0 Å². The van der Waals surface area contributed by atoms with E-state index in [1.807, 2.05) is 0 Å². The highest BCUT2D eigenvalue weighted by molar-refractivity contribution is 5.89. The maximum atomic E-state index is 11.1. The summed E-state index contributed by atoms with van der Waals surface area (Å²) in [6.45, 7) is 1.68. The van der Waals surface area contributed by atoms with Crippen molar-refractivity contribution in [1.29, 1.82) is 0 Å². The van der Waals surface area contributed by atoms with Gasteiger partial charge in [-0.3, -0.25) is 9.59 Å². The van der Waals surface area contributed by atoms with E-state index in [1.165, 1.54) is 13.8 Å². The van der Waals surface area contributed by atoms with E-state index in [2.05, 4.69) is 10.6 Å². The highest BCUT2D eigenvalue weighted by Gasteiger charge is 2.46. The minimum absolute atomic E-state index is 0.131. The summed E-state index contributed by atoms with van der Waals surface area (Å²) in [6.07, 6.45) is -8.92. The van der Waals surface area contributed by atoms with Gasteiger partial charge in [-0.2, -0.15) is 0 Å². The van der Waals surface area contributed by atoms with Crippen molar-refractivity contribution in [3.8, 4) is 11.5 Å². The lowest BCUT2D eigenvalue weighted by molar-refractivity contribution is -0.329. The van der Waals surface area contributed by atoms with E-state index in [4.69, 9.17) is 33.5 Å². The van der Waals surface area contributed by atoms with E-state index in [0.717, 1.165) is 0 Å². The Kier molecular flexibility index (Phi) is 15.3. The molecule has 11 atom stereocenters. The summed E-state index contributed by atoms with van der Waals surface area (Å²) < 4.78 is 33.7. The fourth-order valence-corrected chi connectivity index (χ4v) is 5.63. The van der Waals surface area contributed by atoms with Gasteiger partial charge in [-0.05, 0) is 61.4 Å². The first-order chi connectivity index (χ1) is 24.4. The maximum absolute atomic E-state index is 11.1. The Morgan fingerprint density at radius 2 is 1.10 bits per heavy atom. The predicted octanol–water partition coefficient (Wildman–Crippen LogP) is -0.412. The maximum Gasteiger partial charge on any atom is 0.221 e. The second-order valence-electron chi connectivity index (χ2n) is 12.3. The molecule has 284 valence electrons. The van der Waals surface area contributed by atoms with Gasteiger partial charge in [0.1, 0.15) is 48.1 Å². The molecule has 17 heteroatoms. The standard InChI is InChI=1S/C20H29NO10.C14H19NO5/c1-10(24)21-11-2-4-12(5-3-11)28-16-7-6-13(14(8-22)29-16)30-20-19(27)18(26)17(25)15(9-23)31-20;1-9(17)15-10-2-4-11(5-3-10)19-14-7-6-12(18)13(8-16)20-14/h2-5,13-20,22-23,25-27H,6-9H2,1H3,(H,21,24);2-5,12-14,16,18H,6-8H2,1H3,(H,15,17). The van der Waals surface area contributed by atoms with Crippen molar-refractivity contribution >= 4 is 23.2 Å². The predicted molar refractivity (Wildman–Crippen MR) is 177 cm³/mol. The number of nitrogens with one attached hydrogen (secondary N) is 2. The number of rotatable bonds is 11. The van der Waals surface area contributed by atoms with E-state index in [0.29, 0.717) is 48.6 Å². The molecule has 11 unspecified atom stereocenters. The van der Waals surface area contributed by atoms with Gasteiger partial charge >= 0.3 is 0 Å². The third kappa shape index (κ3) is 11.8. The Balaban J connectivity index is 0.000000251. The molecule has 17 nitrogen and oxygen atoms in total. The average Bonchev–Trinajstić information content (AvgIpc) is 3.11. The Morgan fingerprint density at radius 1 is 0.627 bits per heavy atom. The number of ether oxygens (including phenoxy) is 6. The topological polar surface area (TPSA) is 255 Å². The zero-order valence-electron chi connectivity index (χ0n) is 28.3. The van der Waals surface area contributed by atoms with Crippen molar-refractivity contribution in [2.45, 2.75) is 107 Å². The summed E-state index contributed by atoms with van der Waals surface area (Å²) in [5.41, 5.74) is 1.32. The number of anilines is 2. The third-order valence-electron chi connectivity index (χ3n) is 8.28. The molecule has 3 saturated heterocycles. The number of hydrogen-bond donors (Lipinski definition) is 9. The van der Waals surface area contributed by atoms with Crippen LogP contribution in [0.1, 0.15) is 39.5 Å². The second kappa shape index (κ2) is 19.4. The van der Waals surface area contributed by atoms with Crippen LogP contribution in [0.15, 0.2) is 48.5 Å². The molecular weight excluding hydrogens is 676 g/mol. The molecule has 2 amide bonds. The summed E-state index contributed by atoms with van der Waals surface area (Å²) in [5, 5.41) is 72.9. The van der Waals surface area contributed by atoms with Crippen molar-refractivity contribution in [1.82, 2.24) is 0 Å². The summed E-state index contributed by atoms with van der Waals surface area (Å²) in [6, 6.07) is 13.7. The number of benzene rings is 2. The van der Waals surface area contributed by atoms with Crippen LogP contribution < -0.4 is 20.1 Å². The molecule has 3 fully saturated rings. The van der Waals surface area contributed by atoms with Crippen LogP contribution in [0.3, 0.4) is 0 Å². The van der Waals surface area contributed by atoms with Gasteiger partial charge in [0, 0.05) is 38.1 Å². The van der Waals surface area contributed by atoms with Gasteiger partial charge in [-0.1, -0.05) is 0 Å². The van der Waals surface area contributed by atoms with Gasteiger partial charge in [0.2, 0.25) is 11.8 Å². The summed E-state index contributed by atoms with van der Waals surface area (Å²) in [4.78, 5) is 22.0. The first-order valence-corrected chi connectivity index (χ1v) is 16.7. The molecule has 0 spiro atoms. The number of hydrogen-bond acceptors (Lipinski definition) is 15. The van der Waals surface area contributed by atoms with Crippen molar-refractivity contribution < 1.29 is 73.8 Å². The van der Waals surface area contributed by atoms with E-state index < -0.39 is 74.3 Å². The molecule has 0 bridgehead atoms. The number of amides is 2. The fourth-order valence-electron chi connectivity index (χ4n) is 5.63. The first kappa shape index (κ1) is 40.3. The molecule has 5 rings (SSSR count). The van der Waals surface area contributed by atoms with Crippen LogP contribution in [0.4, 0.5) is 11.4 Å². The molecule has 2 aromatic rings. The van der Waals surface area contributed by atoms with Crippen LogP contribution in [0.25, 0.3) is 0 Å². The average molecular weight is 725 g/mol. The lowest BCUT2D eigenvalue weighted by Crippen LogP contribution is -2.60. The minimum Gasteiger partial charge on any atom is -0.465 e. The Morgan fingerprint density at radius 3 is 1.57 bits per heavy atom. The third-order valence-corrected chi connectivity index (χ3v) is 8.28. The fraction of sp³-hybridized carbons (Fsp3) is 0.588. The number of carbonyl (C=O) groups excluding carboxylic acids is 2.